The van der Waals surface area contributed by atoms with Crippen molar-refractivity contribution in [1.82, 2.24) is 10.0 Å². The molecule has 0 heterocycles. The number of guanidine groups is 1. The summed E-state index contributed by atoms with van der Waals surface area (Å²) in [6, 6.07) is 2.89. The van der Waals surface area contributed by atoms with E-state index in [2.05, 4.69) is 15.0 Å². The SMILES string of the molecule is Cc1cc(C)c(S(=O)(=O)NC(N)=NCCCC(NC(=O)OC(C)(C)C)C(=O)O)c(C)c1.NC1CCCCC1. The molecule has 0 aromatic heterocycles. The predicted molar refractivity (Wildman–Crippen MR) is 149 cm³/mol. The van der Waals surface area contributed by atoms with Gasteiger partial charge in [-0.2, -0.15) is 0 Å². The highest BCUT2D eigenvalue weighted by atomic mass is 32.2. The van der Waals surface area contributed by atoms with E-state index in [1.54, 1.807) is 46.8 Å². The molecular formula is C26H45N5O6S. The summed E-state index contributed by atoms with van der Waals surface area (Å²) < 4.78 is 32.6. The number of carbonyl (C=O) groups excluding carboxylic acids is 1. The summed E-state index contributed by atoms with van der Waals surface area (Å²) in [4.78, 5) is 27.2. The first-order valence-corrected chi connectivity index (χ1v) is 14.4. The van der Waals surface area contributed by atoms with Crippen LogP contribution < -0.4 is 21.5 Å². The lowest BCUT2D eigenvalue weighted by Crippen LogP contribution is -2.43. The van der Waals surface area contributed by atoms with Gasteiger partial charge in [0, 0.05) is 12.6 Å². The van der Waals surface area contributed by atoms with E-state index in [0.717, 1.165) is 5.56 Å². The molecular weight excluding hydrogens is 510 g/mol. The zero-order chi connectivity index (χ0) is 29.1. The number of ether oxygens (including phenoxy) is 1. The monoisotopic (exact) mass is 555 g/mol. The molecule has 1 unspecified atom stereocenters. The van der Waals surface area contributed by atoms with Crippen molar-refractivity contribution in [3.05, 3.63) is 28.8 Å². The van der Waals surface area contributed by atoms with Gasteiger partial charge < -0.3 is 26.6 Å². The van der Waals surface area contributed by atoms with Gasteiger partial charge in [0.25, 0.3) is 10.0 Å². The van der Waals surface area contributed by atoms with E-state index in [-0.39, 0.29) is 30.2 Å². The molecule has 11 nitrogen and oxygen atoms in total. The van der Waals surface area contributed by atoms with Crippen LogP contribution in [0.4, 0.5) is 4.79 Å². The van der Waals surface area contributed by atoms with Crippen LogP contribution >= 0.6 is 0 Å². The van der Waals surface area contributed by atoms with Gasteiger partial charge in [0.1, 0.15) is 11.6 Å². The number of sulfonamides is 1. The zero-order valence-corrected chi connectivity index (χ0v) is 24.3. The Balaban J connectivity index is 0.000000884. The summed E-state index contributed by atoms with van der Waals surface area (Å²) in [5.74, 6) is -1.51. The van der Waals surface area contributed by atoms with E-state index < -0.39 is 33.7 Å². The summed E-state index contributed by atoms with van der Waals surface area (Å²) in [5.41, 5.74) is 12.7. The Morgan fingerprint density at radius 2 is 1.68 bits per heavy atom. The smallest absolute Gasteiger partial charge is 0.408 e. The van der Waals surface area contributed by atoms with Gasteiger partial charge in [-0.3, -0.25) is 4.99 Å². The normalized spacial score (nSPS) is 15.6. The minimum Gasteiger partial charge on any atom is -0.480 e. The molecule has 1 aromatic carbocycles. The molecule has 38 heavy (non-hydrogen) atoms. The van der Waals surface area contributed by atoms with Crippen LogP contribution in [0.3, 0.4) is 0 Å². The highest BCUT2D eigenvalue weighted by Gasteiger charge is 2.24. The standard InChI is InChI=1S/C20H32N4O6S.C6H13N/c1-12-10-13(2)16(14(3)11-12)31(28,29)24-18(21)22-9-7-8-15(17(25)26)23-19(27)30-20(4,5)6;7-6-4-2-1-3-5-6/h10-11,15H,7-9H2,1-6H3,(H,23,27)(H,25,26)(H3,21,22,24);6H,1-5,7H2. The van der Waals surface area contributed by atoms with Crippen molar-refractivity contribution in [3.63, 3.8) is 0 Å². The number of alkyl carbamates (subject to hydrolysis) is 1. The van der Waals surface area contributed by atoms with Crippen molar-refractivity contribution >= 4 is 28.0 Å². The minimum atomic E-state index is -3.91. The molecule has 1 atom stereocenters. The van der Waals surface area contributed by atoms with Gasteiger partial charge in [-0.15, -0.1) is 0 Å². The van der Waals surface area contributed by atoms with E-state index >= 15 is 0 Å². The summed E-state index contributed by atoms with van der Waals surface area (Å²) in [6.45, 7) is 10.3. The minimum absolute atomic E-state index is 0.0638. The third-order valence-corrected chi connectivity index (χ3v) is 7.34. The van der Waals surface area contributed by atoms with E-state index in [0.29, 0.717) is 17.2 Å². The van der Waals surface area contributed by atoms with Crippen molar-refractivity contribution < 1.29 is 27.9 Å². The van der Waals surface area contributed by atoms with Crippen molar-refractivity contribution in [3.8, 4) is 0 Å². The Morgan fingerprint density at radius 1 is 1.13 bits per heavy atom. The molecule has 1 amide bonds. The van der Waals surface area contributed by atoms with Crippen molar-refractivity contribution in [1.29, 1.82) is 0 Å². The fourth-order valence-electron chi connectivity index (χ4n) is 4.15. The van der Waals surface area contributed by atoms with Gasteiger partial charge in [-0.25, -0.2) is 22.7 Å². The number of carboxylic acids is 1. The van der Waals surface area contributed by atoms with Crippen LogP contribution in [0.1, 0.15) is 82.4 Å². The van der Waals surface area contributed by atoms with Crippen LogP contribution in [-0.2, 0) is 19.6 Å². The maximum Gasteiger partial charge on any atom is 0.408 e. The molecule has 0 spiro atoms. The Kier molecular flexibility index (Phi) is 13.0. The number of hydrogen-bond donors (Lipinski definition) is 5. The molecule has 0 bridgehead atoms. The average molecular weight is 556 g/mol. The largest absolute Gasteiger partial charge is 0.480 e. The lowest BCUT2D eigenvalue weighted by molar-refractivity contribution is -0.139. The number of benzene rings is 1. The molecule has 1 aliphatic carbocycles. The van der Waals surface area contributed by atoms with Crippen molar-refractivity contribution in [2.24, 2.45) is 16.5 Å². The molecule has 1 aromatic rings. The van der Waals surface area contributed by atoms with E-state index in [4.69, 9.17) is 16.2 Å². The van der Waals surface area contributed by atoms with Gasteiger partial charge in [0.15, 0.2) is 0 Å². The molecule has 1 fully saturated rings. The second kappa shape index (κ2) is 14.9. The van der Waals surface area contributed by atoms with E-state index in [1.807, 2.05) is 6.92 Å². The Labute approximate surface area is 226 Å². The summed E-state index contributed by atoms with van der Waals surface area (Å²) in [5, 5.41) is 11.5. The number of carboxylic acid groups (broad SMARTS) is 1. The Morgan fingerprint density at radius 3 is 2.13 bits per heavy atom. The number of aryl methyl sites for hydroxylation is 3. The molecule has 1 saturated carbocycles. The van der Waals surface area contributed by atoms with Gasteiger partial charge in [0.2, 0.25) is 5.96 Å². The molecule has 2 rings (SSSR count). The van der Waals surface area contributed by atoms with Gasteiger partial charge >= 0.3 is 12.1 Å². The number of nitrogens with one attached hydrogen (secondary N) is 2. The highest BCUT2D eigenvalue weighted by Crippen LogP contribution is 2.21. The third-order valence-electron chi connectivity index (χ3n) is 5.68. The first-order valence-electron chi connectivity index (χ1n) is 12.9. The summed E-state index contributed by atoms with van der Waals surface area (Å²) >= 11 is 0. The molecule has 0 aliphatic heterocycles. The quantitative estimate of drug-likeness (QED) is 0.184. The van der Waals surface area contributed by atoms with Gasteiger partial charge in [-0.1, -0.05) is 37.0 Å². The predicted octanol–water partition coefficient (Wildman–Crippen LogP) is 3.24. The number of aliphatic imine (C=N–C) groups is 1. The fourth-order valence-corrected chi connectivity index (χ4v) is 5.56. The summed E-state index contributed by atoms with van der Waals surface area (Å²) in [7, 11) is -3.91. The fraction of sp³-hybridized carbons (Fsp3) is 0.654. The molecule has 12 heteroatoms. The number of carbonyl (C=O) groups is 2. The second-order valence-electron chi connectivity index (χ2n) is 10.7. The van der Waals surface area contributed by atoms with Crippen molar-refractivity contribution in [2.75, 3.05) is 6.54 Å². The lowest BCUT2D eigenvalue weighted by atomic mass is 9.97. The van der Waals surface area contributed by atoms with Crippen LogP contribution in [0.25, 0.3) is 0 Å². The molecule has 216 valence electrons. The first-order chi connectivity index (χ1) is 17.5. The number of rotatable bonds is 8. The van der Waals surface area contributed by atoms with E-state index in [1.165, 1.54) is 32.1 Å². The maximum atomic E-state index is 12.7. The molecule has 0 saturated heterocycles. The Bertz CT molecular complexity index is 1050. The van der Waals surface area contributed by atoms with Crippen LogP contribution in [0.2, 0.25) is 0 Å². The maximum absolute atomic E-state index is 12.7. The number of hydrogen-bond acceptors (Lipinski definition) is 7. The highest BCUT2D eigenvalue weighted by molar-refractivity contribution is 7.90. The topological polar surface area (TPSA) is 186 Å². The lowest BCUT2D eigenvalue weighted by Gasteiger charge is -2.21. The molecule has 7 N–H and O–H groups in total. The number of nitrogens with two attached hydrogens (primary N) is 2. The molecule has 0 radical (unpaired) electrons. The molecule has 1 aliphatic rings. The average Bonchev–Trinajstić information content (AvgIpc) is 2.74. The first kappa shape index (κ1) is 33.2. The summed E-state index contributed by atoms with van der Waals surface area (Å²) in [6.07, 6.45) is 6.14. The van der Waals surface area contributed by atoms with Crippen molar-refractivity contribution in [2.45, 2.75) is 109 Å². The second-order valence-corrected chi connectivity index (χ2v) is 12.3. The van der Waals surface area contributed by atoms with Crippen LogP contribution in [0.15, 0.2) is 22.0 Å². The zero-order valence-electron chi connectivity index (χ0n) is 23.5. The van der Waals surface area contributed by atoms with E-state index in [9.17, 15) is 23.1 Å². The van der Waals surface area contributed by atoms with Gasteiger partial charge in [0.05, 0.1) is 4.90 Å². The van der Waals surface area contributed by atoms with Crippen LogP contribution in [0, 0.1) is 20.8 Å². The third kappa shape index (κ3) is 12.6. The number of aliphatic carboxylic acids is 1. The van der Waals surface area contributed by atoms with Crippen LogP contribution in [-0.4, -0.2) is 55.8 Å². The van der Waals surface area contributed by atoms with Gasteiger partial charge in [-0.05, 0) is 78.4 Å². The number of amides is 1. The van der Waals surface area contributed by atoms with Crippen LogP contribution in [0.5, 0.6) is 0 Å². The number of nitrogens with zero attached hydrogens (tertiary/aromatic N) is 1. The Hall–Kier alpha value is -2.86.